The van der Waals surface area contributed by atoms with E-state index in [1.54, 1.807) is 6.20 Å². The quantitative estimate of drug-likeness (QED) is 0.477. The zero-order chi connectivity index (χ0) is 23.7. The zero-order valence-electron chi connectivity index (χ0n) is 19.4. The Morgan fingerprint density at radius 1 is 1.34 bits per heavy atom. The molecule has 0 aromatic carbocycles. The molecule has 2 rings (SSSR count). The molecule has 0 aliphatic carbocycles. The second-order valence-electron chi connectivity index (χ2n) is 7.93. The standard InChI is InChI=1S/C24H36F2N4O2/c1-6-17(3)19(5)30(18(4)8-9-29-10-12-31-13-11-29)16-20(7-2)21-14-22(32-24(25)26)23(27)28-15-21/h14-17,24H,4-13H2,1-3H3,(H2,27,28)/b20-16+. The molecule has 0 radical (unpaired) electrons. The van der Waals surface area contributed by atoms with E-state index in [0.717, 1.165) is 62.7 Å². The maximum atomic E-state index is 12.7. The molecule has 2 N–H and O–H groups in total. The minimum absolute atomic E-state index is 0.0692. The minimum atomic E-state index is -2.97. The molecule has 1 atom stereocenters. The van der Waals surface area contributed by atoms with Crippen LogP contribution >= 0.6 is 0 Å². The fourth-order valence-corrected chi connectivity index (χ4v) is 3.43. The molecule has 178 valence electrons. The van der Waals surface area contributed by atoms with Gasteiger partial charge in [0.25, 0.3) is 0 Å². The van der Waals surface area contributed by atoms with E-state index < -0.39 is 6.61 Å². The summed E-state index contributed by atoms with van der Waals surface area (Å²) in [5, 5.41) is 0. The molecule has 1 fully saturated rings. The normalized spacial score (nSPS) is 16.1. The van der Waals surface area contributed by atoms with Gasteiger partial charge in [-0.05, 0) is 30.4 Å². The lowest BCUT2D eigenvalue weighted by Crippen LogP contribution is -2.37. The summed E-state index contributed by atoms with van der Waals surface area (Å²) in [7, 11) is 0. The molecule has 1 unspecified atom stereocenters. The molecule has 32 heavy (non-hydrogen) atoms. The number of nitrogens with zero attached hydrogens (tertiary/aromatic N) is 3. The molecular formula is C24H36F2N4O2. The van der Waals surface area contributed by atoms with Crippen molar-refractivity contribution in [3.8, 4) is 5.75 Å². The first-order valence-electron chi connectivity index (χ1n) is 11.1. The second-order valence-corrected chi connectivity index (χ2v) is 7.93. The van der Waals surface area contributed by atoms with Crippen LogP contribution in [0.15, 0.2) is 43.0 Å². The van der Waals surface area contributed by atoms with E-state index >= 15 is 0 Å². The largest absolute Gasteiger partial charge is 0.431 e. The molecule has 1 aliphatic rings. The summed E-state index contributed by atoms with van der Waals surface area (Å²) < 4.78 is 35.4. The molecule has 8 heteroatoms. The van der Waals surface area contributed by atoms with Gasteiger partial charge in [0.1, 0.15) is 0 Å². The molecule has 1 saturated heterocycles. The SMILES string of the molecule is C=C(CCN1CCOCC1)N(/C=C(\CC)c1cnc(N)c(OC(F)F)c1)C(=C)C(C)CC. The van der Waals surface area contributed by atoms with Crippen LogP contribution in [0.25, 0.3) is 5.57 Å². The maximum Gasteiger partial charge on any atom is 0.387 e. The highest BCUT2D eigenvalue weighted by Gasteiger charge is 2.18. The first kappa shape index (κ1) is 25.8. The smallest absolute Gasteiger partial charge is 0.387 e. The van der Waals surface area contributed by atoms with Crippen molar-refractivity contribution in [3.63, 3.8) is 0 Å². The van der Waals surface area contributed by atoms with Crippen molar-refractivity contribution >= 4 is 11.4 Å². The topological polar surface area (TPSA) is 63.9 Å². The van der Waals surface area contributed by atoms with Crippen molar-refractivity contribution in [1.29, 1.82) is 0 Å². The number of hydrogen-bond acceptors (Lipinski definition) is 6. The lowest BCUT2D eigenvalue weighted by molar-refractivity contribution is -0.0495. The van der Waals surface area contributed by atoms with Gasteiger partial charge in [0.15, 0.2) is 11.6 Å². The van der Waals surface area contributed by atoms with Crippen LogP contribution in [0.1, 0.15) is 45.6 Å². The molecule has 0 saturated carbocycles. The van der Waals surface area contributed by atoms with Gasteiger partial charge in [-0.2, -0.15) is 8.78 Å². The van der Waals surface area contributed by atoms with E-state index in [9.17, 15) is 8.78 Å². The summed E-state index contributed by atoms with van der Waals surface area (Å²) in [6, 6.07) is 1.50. The van der Waals surface area contributed by atoms with Gasteiger partial charge in [-0.15, -0.1) is 0 Å². The molecule has 1 aromatic rings. The number of aromatic nitrogens is 1. The van der Waals surface area contributed by atoms with Crippen molar-refractivity contribution in [2.75, 3.05) is 38.6 Å². The van der Waals surface area contributed by atoms with Crippen molar-refractivity contribution in [2.45, 2.75) is 46.6 Å². The Morgan fingerprint density at radius 3 is 2.62 bits per heavy atom. The van der Waals surface area contributed by atoms with Crippen LogP contribution in [-0.4, -0.2) is 54.2 Å². The van der Waals surface area contributed by atoms with Crippen molar-refractivity contribution in [1.82, 2.24) is 14.8 Å². The van der Waals surface area contributed by atoms with Gasteiger partial charge in [-0.1, -0.05) is 33.9 Å². The fraction of sp³-hybridized carbons (Fsp3) is 0.542. The minimum Gasteiger partial charge on any atom is -0.431 e. The predicted octanol–water partition coefficient (Wildman–Crippen LogP) is 5.11. The summed E-state index contributed by atoms with van der Waals surface area (Å²) in [4.78, 5) is 8.44. The first-order valence-corrected chi connectivity index (χ1v) is 11.1. The van der Waals surface area contributed by atoms with Crippen molar-refractivity contribution in [2.24, 2.45) is 5.92 Å². The number of halogens is 2. The summed E-state index contributed by atoms with van der Waals surface area (Å²) in [6.45, 7) is 16.2. The van der Waals surface area contributed by atoms with Gasteiger partial charge in [0, 0.05) is 55.4 Å². The second kappa shape index (κ2) is 12.6. The molecule has 0 spiro atoms. The number of rotatable bonds is 12. The fourth-order valence-electron chi connectivity index (χ4n) is 3.43. The van der Waals surface area contributed by atoms with E-state index in [1.165, 1.54) is 6.07 Å². The lowest BCUT2D eigenvalue weighted by atomic mass is 10.0. The highest BCUT2D eigenvalue weighted by Crippen LogP contribution is 2.30. The monoisotopic (exact) mass is 450 g/mol. The van der Waals surface area contributed by atoms with Crippen LogP contribution in [0, 0.1) is 5.92 Å². The summed E-state index contributed by atoms with van der Waals surface area (Å²) in [5.41, 5.74) is 9.14. The lowest BCUT2D eigenvalue weighted by Gasteiger charge is -2.32. The summed E-state index contributed by atoms with van der Waals surface area (Å²) in [6.07, 6.45) is 5.93. The van der Waals surface area contributed by atoms with E-state index in [-0.39, 0.29) is 17.5 Å². The van der Waals surface area contributed by atoms with Crippen LogP contribution in [-0.2, 0) is 4.74 Å². The Morgan fingerprint density at radius 2 is 2.03 bits per heavy atom. The van der Waals surface area contributed by atoms with Gasteiger partial charge < -0.3 is 20.1 Å². The Labute approximate surface area is 190 Å². The maximum absolute atomic E-state index is 12.7. The number of pyridine rings is 1. The number of morpholine rings is 1. The molecule has 1 aromatic heterocycles. The average Bonchev–Trinajstić information content (AvgIpc) is 2.79. The number of nitrogens with two attached hydrogens (primary N) is 1. The molecule has 0 bridgehead atoms. The molecule has 2 heterocycles. The molecular weight excluding hydrogens is 414 g/mol. The zero-order valence-corrected chi connectivity index (χ0v) is 19.4. The van der Waals surface area contributed by atoms with Gasteiger partial charge in [-0.25, -0.2) is 4.98 Å². The molecule has 0 amide bonds. The molecule has 1 aliphatic heterocycles. The van der Waals surface area contributed by atoms with Crippen LogP contribution in [0.4, 0.5) is 14.6 Å². The van der Waals surface area contributed by atoms with Gasteiger partial charge in [-0.3, -0.25) is 4.90 Å². The van der Waals surface area contributed by atoms with Crippen LogP contribution in [0.5, 0.6) is 5.75 Å². The predicted molar refractivity (Wildman–Crippen MR) is 125 cm³/mol. The van der Waals surface area contributed by atoms with E-state index in [4.69, 9.17) is 10.5 Å². The van der Waals surface area contributed by atoms with Crippen LogP contribution < -0.4 is 10.5 Å². The van der Waals surface area contributed by atoms with Gasteiger partial charge >= 0.3 is 6.61 Å². The third kappa shape index (κ3) is 7.31. The number of alkyl halides is 2. The third-order valence-electron chi connectivity index (χ3n) is 5.79. The molecule has 6 nitrogen and oxygen atoms in total. The number of ether oxygens (including phenoxy) is 2. The Kier molecular flexibility index (Phi) is 10.1. The Balaban J connectivity index is 2.30. The number of allylic oxidation sites excluding steroid dienone is 2. The van der Waals surface area contributed by atoms with E-state index in [1.807, 2.05) is 18.0 Å². The number of nitrogen functional groups attached to an aromatic ring is 1. The van der Waals surface area contributed by atoms with Crippen molar-refractivity contribution in [3.05, 3.63) is 48.6 Å². The highest BCUT2D eigenvalue weighted by atomic mass is 19.3. The average molecular weight is 451 g/mol. The summed E-state index contributed by atoms with van der Waals surface area (Å²) in [5.74, 6) is 0.0577. The van der Waals surface area contributed by atoms with Crippen LogP contribution in [0.2, 0.25) is 0 Å². The van der Waals surface area contributed by atoms with Crippen LogP contribution in [0.3, 0.4) is 0 Å². The number of hydrogen-bond donors (Lipinski definition) is 1. The Hall–Kier alpha value is -2.45. The third-order valence-corrected chi connectivity index (χ3v) is 5.79. The first-order chi connectivity index (χ1) is 15.3. The van der Waals surface area contributed by atoms with Gasteiger partial charge in [0.2, 0.25) is 0 Å². The Bertz CT molecular complexity index is 807. The van der Waals surface area contributed by atoms with E-state index in [2.05, 4.69) is 41.6 Å². The number of anilines is 1. The summed E-state index contributed by atoms with van der Waals surface area (Å²) >= 11 is 0. The van der Waals surface area contributed by atoms with Crippen molar-refractivity contribution < 1.29 is 18.3 Å². The van der Waals surface area contributed by atoms with Gasteiger partial charge in [0.05, 0.1) is 13.2 Å². The highest BCUT2D eigenvalue weighted by molar-refractivity contribution is 5.68. The van der Waals surface area contributed by atoms with E-state index in [0.29, 0.717) is 12.0 Å².